The molecular weight excluding hydrogens is 212 g/mol. The Kier molecular flexibility index (Phi) is 9.33. The van der Waals surface area contributed by atoms with E-state index in [2.05, 4.69) is 19.6 Å². The predicted octanol–water partition coefficient (Wildman–Crippen LogP) is 1.87. The van der Waals surface area contributed by atoms with E-state index >= 15 is 0 Å². The number of hydrogen-bond acceptors (Lipinski definition) is 4. The van der Waals surface area contributed by atoms with Gasteiger partial charge in [-0.15, -0.1) is 0 Å². The molecule has 15 heavy (non-hydrogen) atoms. The molecule has 0 fully saturated rings. The molecule has 0 aromatic heterocycles. The second-order valence-corrected chi connectivity index (χ2v) is 8.61. The Labute approximate surface area is 94.0 Å². The van der Waals surface area contributed by atoms with E-state index < -0.39 is 8.32 Å². The first kappa shape index (κ1) is 15.1. The van der Waals surface area contributed by atoms with Crippen LogP contribution < -0.4 is 0 Å². The minimum Gasteiger partial charge on any atom is -0.415 e. The van der Waals surface area contributed by atoms with Crippen LogP contribution >= 0.6 is 0 Å². The van der Waals surface area contributed by atoms with Crippen molar-refractivity contribution in [1.82, 2.24) is 0 Å². The summed E-state index contributed by atoms with van der Waals surface area (Å²) in [4.78, 5) is 0. The minimum atomic E-state index is -1.38. The van der Waals surface area contributed by atoms with E-state index in [9.17, 15) is 0 Å². The summed E-state index contributed by atoms with van der Waals surface area (Å²) >= 11 is 0. The van der Waals surface area contributed by atoms with Crippen LogP contribution in [0.1, 0.15) is 6.92 Å². The van der Waals surface area contributed by atoms with Crippen molar-refractivity contribution in [3.8, 4) is 0 Å². The molecule has 0 bridgehead atoms. The zero-order valence-corrected chi connectivity index (χ0v) is 11.4. The molecule has 0 amide bonds. The van der Waals surface area contributed by atoms with E-state index in [1.54, 1.807) is 0 Å². The van der Waals surface area contributed by atoms with Gasteiger partial charge in [0.15, 0.2) is 8.32 Å². The van der Waals surface area contributed by atoms with E-state index in [0.29, 0.717) is 33.2 Å². The van der Waals surface area contributed by atoms with Crippen LogP contribution in [0.4, 0.5) is 0 Å². The maximum atomic E-state index is 5.61. The number of hydrogen-bond donors (Lipinski definition) is 0. The summed E-state index contributed by atoms with van der Waals surface area (Å²) in [6.45, 7) is 12.0. The van der Waals surface area contributed by atoms with Crippen molar-refractivity contribution in [3.63, 3.8) is 0 Å². The summed E-state index contributed by atoms with van der Waals surface area (Å²) in [5.41, 5.74) is 0. The highest BCUT2D eigenvalue weighted by molar-refractivity contribution is 6.69. The Balaban J connectivity index is 2.99. The lowest BCUT2D eigenvalue weighted by molar-refractivity contribution is -0.0741. The average Bonchev–Trinajstić information content (AvgIpc) is 2.14. The maximum Gasteiger partial charge on any atom is 0.183 e. The van der Waals surface area contributed by atoms with Gasteiger partial charge >= 0.3 is 0 Å². The minimum absolute atomic E-state index is 0.322. The topological polar surface area (TPSA) is 36.9 Å². The fourth-order valence-electron chi connectivity index (χ4n) is 0.846. The van der Waals surface area contributed by atoms with E-state index in [-0.39, 0.29) is 0 Å². The van der Waals surface area contributed by atoms with Crippen LogP contribution in [0.5, 0.6) is 0 Å². The zero-order chi connectivity index (χ0) is 11.6. The molecule has 0 heterocycles. The molecule has 0 rings (SSSR count). The van der Waals surface area contributed by atoms with Crippen LogP contribution in [0.3, 0.4) is 0 Å². The first-order valence-electron chi connectivity index (χ1n) is 5.43. The molecule has 0 aliphatic rings. The number of ether oxygens (including phenoxy) is 3. The molecule has 0 aromatic carbocycles. The first-order valence-corrected chi connectivity index (χ1v) is 8.84. The highest BCUT2D eigenvalue weighted by Gasteiger charge is 2.12. The summed E-state index contributed by atoms with van der Waals surface area (Å²) in [6, 6.07) is 0. The Morgan fingerprint density at radius 1 is 0.800 bits per heavy atom. The average molecular weight is 236 g/mol. The van der Waals surface area contributed by atoms with Gasteiger partial charge in [0.25, 0.3) is 0 Å². The molecule has 5 heteroatoms. The molecule has 0 atom stereocenters. The first-order chi connectivity index (χ1) is 7.06. The molecule has 4 nitrogen and oxygen atoms in total. The second kappa shape index (κ2) is 9.29. The molecule has 0 aromatic rings. The van der Waals surface area contributed by atoms with Crippen LogP contribution in [0.15, 0.2) is 0 Å². The van der Waals surface area contributed by atoms with Gasteiger partial charge < -0.3 is 18.6 Å². The van der Waals surface area contributed by atoms with Crippen molar-refractivity contribution >= 4 is 8.32 Å². The van der Waals surface area contributed by atoms with Gasteiger partial charge in [-0.3, -0.25) is 0 Å². The molecule has 0 aliphatic carbocycles. The van der Waals surface area contributed by atoms with Crippen molar-refractivity contribution in [2.45, 2.75) is 26.6 Å². The summed E-state index contributed by atoms with van der Waals surface area (Å²) in [5.74, 6) is 0. The fourth-order valence-corrected chi connectivity index (χ4v) is 1.54. The van der Waals surface area contributed by atoms with Gasteiger partial charge in [0.2, 0.25) is 0 Å². The molecule has 0 radical (unpaired) electrons. The quantitative estimate of drug-likeness (QED) is 0.330. The van der Waals surface area contributed by atoms with Gasteiger partial charge in [-0.1, -0.05) is 0 Å². The highest BCUT2D eigenvalue weighted by atomic mass is 28.4. The fraction of sp³-hybridized carbons (Fsp3) is 1.00. The zero-order valence-electron chi connectivity index (χ0n) is 10.4. The van der Waals surface area contributed by atoms with E-state index in [4.69, 9.17) is 18.6 Å². The lowest BCUT2D eigenvalue weighted by atomic mass is 10.7. The molecule has 0 unspecified atom stereocenters. The smallest absolute Gasteiger partial charge is 0.183 e. The van der Waals surface area contributed by atoms with Crippen molar-refractivity contribution in [1.29, 1.82) is 0 Å². The molecule has 0 spiro atoms. The Morgan fingerprint density at radius 2 is 1.33 bits per heavy atom. The second-order valence-electron chi connectivity index (χ2n) is 4.09. The van der Waals surface area contributed by atoms with Crippen LogP contribution in [0.25, 0.3) is 0 Å². The van der Waals surface area contributed by atoms with E-state index in [1.807, 2.05) is 6.92 Å². The molecule has 0 saturated carbocycles. The van der Waals surface area contributed by atoms with Crippen molar-refractivity contribution in [2.75, 3.05) is 39.8 Å². The van der Waals surface area contributed by atoms with Crippen molar-refractivity contribution < 1.29 is 18.6 Å². The number of rotatable bonds is 10. The van der Waals surface area contributed by atoms with E-state index in [0.717, 1.165) is 6.61 Å². The third-order valence-electron chi connectivity index (χ3n) is 1.51. The van der Waals surface area contributed by atoms with Gasteiger partial charge in [0.1, 0.15) is 6.79 Å². The molecule has 0 aliphatic heterocycles. The SMILES string of the molecule is CCOCCOCOCCO[Si](C)(C)C. The molecular formula is C10H24O4Si. The van der Waals surface area contributed by atoms with Gasteiger partial charge in [-0.2, -0.15) is 0 Å². The molecule has 0 N–H and O–H groups in total. The van der Waals surface area contributed by atoms with Gasteiger partial charge in [0, 0.05) is 6.61 Å². The predicted molar refractivity (Wildman–Crippen MR) is 62.6 cm³/mol. The van der Waals surface area contributed by atoms with Crippen LogP contribution in [-0.4, -0.2) is 48.1 Å². The van der Waals surface area contributed by atoms with Crippen LogP contribution in [-0.2, 0) is 18.6 Å². The Hall–Kier alpha value is 0.0569. The molecule has 0 saturated heterocycles. The lowest BCUT2D eigenvalue weighted by Gasteiger charge is -2.16. The van der Waals surface area contributed by atoms with Crippen molar-refractivity contribution in [2.24, 2.45) is 0 Å². The Bertz CT molecular complexity index is 136. The van der Waals surface area contributed by atoms with Crippen LogP contribution in [0.2, 0.25) is 19.6 Å². The van der Waals surface area contributed by atoms with Gasteiger partial charge in [-0.25, -0.2) is 0 Å². The highest BCUT2D eigenvalue weighted by Crippen LogP contribution is 2.01. The monoisotopic (exact) mass is 236 g/mol. The van der Waals surface area contributed by atoms with Gasteiger partial charge in [0.05, 0.1) is 26.4 Å². The third-order valence-corrected chi connectivity index (χ3v) is 2.58. The standard InChI is InChI=1S/C10H24O4Si/c1-5-11-6-7-12-10-13-8-9-14-15(2,3)4/h5-10H2,1-4H3. The lowest BCUT2D eigenvalue weighted by Crippen LogP contribution is -2.27. The maximum absolute atomic E-state index is 5.61. The van der Waals surface area contributed by atoms with Crippen LogP contribution in [0, 0.1) is 0 Å². The molecule has 92 valence electrons. The third kappa shape index (κ3) is 14.1. The largest absolute Gasteiger partial charge is 0.415 e. The Morgan fingerprint density at radius 3 is 1.87 bits per heavy atom. The normalized spacial score (nSPS) is 12.0. The summed E-state index contributed by atoms with van der Waals surface area (Å²) in [7, 11) is -1.38. The summed E-state index contributed by atoms with van der Waals surface area (Å²) in [6.07, 6.45) is 0. The van der Waals surface area contributed by atoms with Crippen molar-refractivity contribution in [3.05, 3.63) is 0 Å². The summed E-state index contributed by atoms with van der Waals surface area (Å²) < 4.78 is 21.1. The summed E-state index contributed by atoms with van der Waals surface area (Å²) in [5, 5.41) is 0. The van der Waals surface area contributed by atoms with E-state index in [1.165, 1.54) is 0 Å². The van der Waals surface area contributed by atoms with Gasteiger partial charge in [-0.05, 0) is 26.6 Å².